The van der Waals surface area contributed by atoms with Gasteiger partial charge in [-0.1, -0.05) is 5.21 Å². The summed E-state index contributed by atoms with van der Waals surface area (Å²) in [4.78, 5) is 84.9. The van der Waals surface area contributed by atoms with Crippen molar-refractivity contribution in [3.05, 3.63) is 11.9 Å². The molecule has 1 saturated heterocycles. The van der Waals surface area contributed by atoms with E-state index in [9.17, 15) is 48.2 Å². The molecule has 1 aliphatic rings. The predicted molar refractivity (Wildman–Crippen MR) is 138 cm³/mol. The number of carboxylic acid groups (broad SMARTS) is 3. The van der Waals surface area contributed by atoms with Crippen molar-refractivity contribution < 1.29 is 53.3 Å². The van der Waals surface area contributed by atoms with E-state index >= 15 is 0 Å². The molecule has 2 atom stereocenters. The Morgan fingerprint density at radius 1 is 0.881 bits per heavy atom. The van der Waals surface area contributed by atoms with Crippen LogP contribution in [0.15, 0.2) is 6.20 Å². The summed E-state index contributed by atoms with van der Waals surface area (Å²) >= 11 is 0. The van der Waals surface area contributed by atoms with E-state index in [1.54, 1.807) is 10.9 Å². The summed E-state index contributed by atoms with van der Waals surface area (Å²) in [6.45, 7) is 0.332. The zero-order chi connectivity index (χ0) is 31.2. The maximum absolute atomic E-state index is 13.0. The molecular formula is C25H35FN6O10. The van der Waals surface area contributed by atoms with E-state index in [2.05, 4.69) is 15.6 Å². The minimum atomic E-state index is -1.89. The Morgan fingerprint density at radius 3 is 2.12 bits per heavy atom. The molecule has 0 aliphatic carbocycles. The van der Waals surface area contributed by atoms with Crippen molar-refractivity contribution in [1.82, 2.24) is 30.1 Å². The highest BCUT2D eigenvalue weighted by atomic mass is 19.1. The number of nitrogens with one attached hydrogen (secondary N) is 1. The minimum Gasteiger partial charge on any atom is -0.481 e. The number of aromatic nitrogens is 3. The monoisotopic (exact) mass is 598 g/mol. The number of rotatable bonds is 20. The van der Waals surface area contributed by atoms with E-state index in [4.69, 9.17) is 5.11 Å². The molecule has 0 bridgehead atoms. The number of barbiturate groups is 1. The van der Waals surface area contributed by atoms with Gasteiger partial charge in [0.1, 0.15) is 18.5 Å². The number of nitrogens with zero attached hydrogens (tertiary/aromatic N) is 5. The van der Waals surface area contributed by atoms with Gasteiger partial charge in [0, 0.05) is 32.1 Å². The second-order valence-corrected chi connectivity index (χ2v) is 9.70. The highest BCUT2D eigenvalue weighted by Gasteiger charge is 2.48. The van der Waals surface area contributed by atoms with E-state index in [0.717, 1.165) is 0 Å². The Labute approximate surface area is 239 Å². The van der Waals surface area contributed by atoms with Crippen LogP contribution in [0.5, 0.6) is 0 Å². The topological polar surface area (TPSA) is 229 Å². The maximum Gasteiger partial charge on any atom is 0.335 e. The quantitative estimate of drug-likeness (QED) is 0.119. The molecule has 17 heteroatoms. The molecule has 42 heavy (non-hydrogen) atoms. The van der Waals surface area contributed by atoms with Crippen LogP contribution in [0.1, 0.15) is 69.9 Å². The Bertz CT molecular complexity index is 1160. The molecule has 1 unspecified atom stereocenters. The number of hydrogen-bond donors (Lipinski definition) is 4. The SMILES string of the molecule is O=C(O)CCC(C(=O)O)N1C(=O)CC(=O)N([C@@H](CCCCNC(=O)CCCCn2cc(CCCF)nn2)C(=O)O)C1=O. The Balaban J connectivity index is 1.81. The second kappa shape index (κ2) is 16.7. The van der Waals surface area contributed by atoms with Gasteiger partial charge >= 0.3 is 23.9 Å². The fraction of sp³-hybridized carbons (Fsp3) is 0.640. The van der Waals surface area contributed by atoms with Gasteiger partial charge < -0.3 is 20.6 Å². The van der Waals surface area contributed by atoms with Crippen molar-refractivity contribution in [2.45, 2.75) is 89.3 Å². The van der Waals surface area contributed by atoms with Crippen LogP contribution in [0.2, 0.25) is 0 Å². The molecule has 0 spiro atoms. The second-order valence-electron chi connectivity index (χ2n) is 9.70. The molecule has 4 N–H and O–H groups in total. The summed E-state index contributed by atoms with van der Waals surface area (Å²) in [5.41, 5.74) is 0.704. The summed E-state index contributed by atoms with van der Waals surface area (Å²) in [5.74, 6) is -7.07. The lowest BCUT2D eigenvalue weighted by Gasteiger charge is -2.38. The number of aliphatic carboxylic acids is 3. The summed E-state index contributed by atoms with van der Waals surface area (Å²) < 4.78 is 13.9. The average Bonchev–Trinajstić information content (AvgIpc) is 3.37. The smallest absolute Gasteiger partial charge is 0.335 e. The molecule has 0 radical (unpaired) electrons. The fourth-order valence-corrected chi connectivity index (χ4v) is 4.38. The third-order valence-electron chi connectivity index (χ3n) is 6.50. The van der Waals surface area contributed by atoms with Gasteiger partial charge in [-0.05, 0) is 51.4 Å². The molecular weight excluding hydrogens is 563 g/mol. The van der Waals surface area contributed by atoms with Crippen molar-refractivity contribution in [3.63, 3.8) is 0 Å². The van der Waals surface area contributed by atoms with Crippen molar-refractivity contribution in [2.24, 2.45) is 0 Å². The number of carbonyl (C=O) groups is 7. The van der Waals surface area contributed by atoms with Gasteiger partial charge in [-0.3, -0.25) is 28.3 Å². The molecule has 16 nitrogen and oxygen atoms in total. The number of imide groups is 2. The maximum atomic E-state index is 13.0. The van der Waals surface area contributed by atoms with Gasteiger partial charge in [0.25, 0.3) is 0 Å². The lowest BCUT2D eigenvalue weighted by Crippen LogP contribution is -2.63. The largest absolute Gasteiger partial charge is 0.481 e. The van der Waals surface area contributed by atoms with Crippen LogP contribution in [0, 0.1) is 0 Å². The van der Waals surface area contributed by atoms with Gasteiger partial charge in [0.15, 0.2) is 0 Å². The number of alkyl halides is 1. The Morgan fingerprint density at radius 2 is 1.52 bits per heavy atom. The third kappa shape index (κ3) is 10.2. The lowest BCUT2D eigenvalue weighted by molar-refractivity contribution is -0.158. The van der Waals surface area contributed by atoms with Gasteiger partial charge in [-0.2, -0.15) is 0 Å². The third-order valence-corrected chi connectivity index (χ3v) is 6.50. The zero-order valence-corrected chi connectivity index (χ0v) is 22.9. The average molecular weight is 599 g/mol. The molecule has 2 rings (SSSR count). The highest BCUT2D eigenvalue weighted by molar-refractivity contribution is 6.16. The molecule has 0 saturated carbocycles. The van der Waals surface area contributed by atoms with E-state index in [1.807, 2.05) is 0 Å². The summed E-state index contributed by atoms with van der Waals surface area (Å²) in [6, 6.07) is -5.02. The van der Waals surface area contributed by atoms with Crippen LogP contribution in [0.25, 0.3) is 0 Å². The first-order valence-electron chi connectivity index (χ1n) is 13.5. The number of unbranched alkanes of at least 4 members (excludes halogenated alkanes) is 2. The van der Waals surface area contributed by atoms with Crippen LogP contribution in [0.4, 0.5) is 9.18 Å². The lowest BCUT2D eigenvalue weighted by atomic mass is 10.0. The zero-order valence-electron chi connectivity index (χ0n) is 22.9. The van der Waals surface area contributed by atoms with Crippen LogP contribution < -0.4 is 5.32 Å². The van der Waals surface area contributed by atoms with Crippen molar-refractivity contribution in [1.29, 1.82) is 0 Å². The molecule has 5 amide bonds. The number of aryl methyl sites for hydroxylation is 2. The van der Waals surface area contributed by atoms with Crippen LogP contribution in [-0.4, -0.2) is 107 Å². The van der Waals surface area contributed by atoms with E-state index < -0.39 is 73.8 Å². The first kappa shape index (κ1) is 33.8. The van der Waals surface area contributed by atoms with Gasteiger partial charge in [0.2, 0.25) is 17.7 Å². The summed E-state index contributed by atoms with van der Waals surface area (Å²) in [7, 11) is 0. The molecule has 1 aromatic heterocycles. The number of carboxylic acids is 3. The standard InChI is InChI=1S/C25H35FN6O10/c26-11-5-6-16-15-30(29-28-16)13-4-2-8-19(33)27-12-3-1-7-17(23(38)39)31-20(34)14-21(35)32(25(31)42)18(24(40)41)9-10-22(36)37/h15,17-18H,1-14H2,(H,27,33)(H,36,37)(H,38,39)(H,40,41)/t17-,18?/m0/s1. The molecule has 1 aromatic rings. The summed E-state index contributed by atoms with van der Waals surface area (Å²) in [5, 5.41) is 38.6. The van der Waals surface area contributed by atoms with Crippen LogP contribution in [0.3, 0.4) is 0 Å². The van der Waals surface area contributed by atoms with Crippen LogP contribution >= 0.6 is 0 Å². The fourth-order valence-electron chi connectivity index (χ4n) is 4.38. The van der Waals surface area contributed by atoms with Crippen molar-refractivity contribution in [3.8, 4) is 0 Å². The number of hydrogen-bond acceptors (Lipinski definition) is 9. The normalized spacial score (nSPS) is 15.0. The number of amides is 5. The van der Waals surface area contributed by atoms with E-state index in [-0.39, 0.29) is 36.6 Å². The Hall–Kier alpha value is -4.44. The molecule has 0 aromatic carbocycles. The van der Waals surface area contributed by atoms with Gasteiger partial charge in [0.05, 0.1) is 12.4 Å². The van der Waals surface area contributed by atoms with Gasteiger partial charge in [-0.15, -0.1) is 5.10 Å². The van der Waals surface area contributed by atoms with E-state index in [0.29, 0.717) is 49.2 Å². The molecule has 232 valence electrons. The van der Waals surface area contributed by atoms with E-state index in [1.165, 1.54) is 0 Å². The molecule has 1 fully saturated rings. The summed E-state index contributed by atoms with van der Waals surface area (Å²) in [6.07, 6.45) is 2.13. The van der Waals surface area contributed by atoms with Crippen molar-refractivity contribution >= 4 is 41.7 Å². The van der Waals surface area contributed by atoms with Crippen LogP contribution in [-0.2, 0) is 41.7 Å². The predicted octanol–water partition coefficient (Wildman–Crippen LogP) is 0.589. The number of halogens is 1. The van der Waals surface area contributed by atoms with Crippen molar-refractivity contribution in [2.75, 3.05) is 13.2 Å². The molecule has 2 heterocycles. The first-order chi connectivity index (χ1) is 20.0. The Kier molecular flexibility index (Phi) is 13.5. The number of urea groups is 1. The first-order valence-corrected chi connectivity index (χ1v) is 13.5. The highest BCUT2D eigenvalue weighted by Crippen LogP contribution is 2.23. The number of carbonyl (C=O) groups excluding carboxylic acids is 4. The minimum absolute atomic E-state index is 0.167. The van der Waals surface area contributed by atoms with Gasteiger partial charge in [-0.25, -0.2) is 24.2 Å². The molecule has 1 aliphatic heterocycles.